The van der Waals surface area contributed by atoms with Gasteiger partial charge >= 0.3 is 37.9 Å². The van der Waals surface area contributed by atoms with Crippen LogP contribution in [-0.2, 0) is 20.8 Å². The predicted octanol–water partition coefficient (Wildman–Crippen LogP) is 9.36. The number of rotatable bonds is 1. The van der Waals surface area contributed by atoms with Crippen LogP contribution < -0.4 is 0 Å². The molecule has 0 atom stereocenters. The summed E-state index contributed by atoms with van der Waals surface area (Å²) >= 11 is -0.826. The second-order valence-electron chi connectivity index (χ2n) is 8.44. The first-order chi connectivity index (χ1) is 15.9. The zero-order valence-corrected chi connectivity index (χ0v) is 23.9. The molecule has 0 N–H and O–H groups in total. The van der Waals surface area contributed by atoms with Gasteiger partial charge in [-0.2, -0.15) is 0 Å². The number of fused-ring (bicyclic) bond motifs is 2. The van der Waals surface area contributed by atoms with Gasteiger partial charge in [0.2, 0.25) is 0 Å². The smallest absolute Gasteiger partial charge is 0.0539 e. The Labute approximate surface area is 218 Å². The Morgan fingerprint density at radius 3 is 1.24 bits per heavy atom. The molecule has 4 heteroatoms. The summed E-state index contributed by atoms with van der Waals surface area (Å²) in [6.07, 6.45) is 0.341. The van der Waals surface area contributed by atoms with Crippen LogP contribution in [0.15, 0.2) is 84.9 Å². The number of benzene rings is 3. The summed E-state index contributed by atoms with van der Waals surface area (Å²) in [5.41, 5.74) is 1.36. The average Bonchev–Trinajstić information content (AvgIpc) is 3.01. The molecule has 33 heavy (non-hydrogen) atoms. The molecular weight excluding hydrogens is 521 g/mol. The van der Waals surface area contributed by atoms with Gasteiger partial charge in [0, 0.05) is 0 Å². The van der Waals surface area contributed by atoms with Crippen LogP contribution in [0.25, 0.3) is 26.8 Å². The zero-order valence-electron chi connectivity index (χ0n) is 19.9. The first-order valence-electron chi connectivity index (χ1n) is 11.1. The molecule has 1 heterocycles. The van der Waals surface area contributed by atoms with Crippen molar-refractivity contribution < 1.29 is 20.8 Å². The molecule has 5 radical (unpaired) electrons. The van der Waals surface area contributed by atoms with E-state index in [0.717, 1.165) is 0 Å². The second kappa shape index (κ2) is 12.7. The SMILES string of the molecule is C[C]1[C](C)[C](C)[C](C)[C]1C.[Cl][Zr+2][Cl].c1ccc(-[b-]2c3ccccc3cc3ccccc23)cc1. The van der Waals surface area contributed by atoms with Crippen molar-refractivity contribution in [3.63, 3.8) is 0 Å². The largest absolute Gasteiger partial charge is 0.223 e. The van der Waals surface area contributed by atoms with E-state index in [2.05, 4.69) is 120 Å². The normalized spacial score (nSPS) is 15.6. The number of halogens is 2. The van der Waals surface area contributed by atoms with Gasteiger partial charge in [0.25, 0.3) is 0 Å². The molecule has 5 rings (SSSR count). The molecule has 4 aromatic rings. The van der Waals surface area contributed by atoms with E-state index in [1.807, 2.05) is 0 Å². The molecule has 1 aliphatic rings. The minimum absolute atomic E-state index is 0.341. The summed E-state index contributed by atoms with van der Waals surface area (Å²) in [6.45, 7) is 11.0. The van der Waals surface area contributed by atoms with Gasteiger partial charge in [0.15, 0.2) is 0 Å². The fraction of sp³-hybridized carbons (Fsp3) is 0.172. The van der Waals surface area contributed by atoms with Crippen molar-refractivity contribution in [1.29, 1.82) is 0 Å². The summed E-state index contributed by atoms with van der Waals surface area (Å²) in [6, 6.07) is 30.5. The van der Waals surface area contributed by atoms with Crippen molar-refractivity contribution >= 4 is 44.7 Å². The van der Waals surface area contributed by atoms with Crippen molar-refractivity contribution in [3.05, 3.63) is 115 Å². The Kier molecular flexibility index (Phi) is 10.2. The summed E-state index contributed by atoms with van der Waals surface area (Å²) in [5, 5.41) is 5.47. The molecule has 0 spiro atoms. The maximum absolute atomic E-state index is 4.93. The summed E-state index contributed by atoms with van der Waals surface area (Å²) in [4.78, 5) is 0. The van der Waals surface area contributed by atoms with E-state index in [1.165, 1.54) is 56.4 Å². The third-order valence-electron chi connectivity index (χ3n) is 6.87. The molecule has 0 bridgehead atoms. The van der Waals surface area contributed by atoms with Crippen molar-refractivity contribution in [2.24, 2.45) is 0 Å². The molecule has 0 unspecified atom stereocenters. The minimum atomic E-state index is -0.826. The number of hydrogen-bond acceptors (Lipinski definition) is 0. The quantitative estimate of drug-likeness (QED) is 0.207. The van der Waals surface area contributed by atoms with Gasteiger partial charge in [0.05, 0.1) is 0 Å². The molecule has 1 fully saturated rings. The molecule has 0 amide bonds. The first kappa shape index (κ1) is 26.7. The number of hydrogen-bond donors (Lipinski definition) is 0. The van der Waals surface area contributed by atoms with Gasteiger partial charge in [-0.25, -0.2) is 16.0 Å². The van der Waals surface area contributed by atoms with Crippen molar-refractivity contribution in [2.45, 2.75) is 34.6 Å². The summed E-state index contributed by atoms with van der Waals surface area (Å²) in [5.74, 6) is 7.34. The fourth-order valence-electron chi connectivity index (χ4n) is 4.56. The standard InChI is InChI=1S/C19H14B.C10H15.2ClH.Zr/c1-2-10-17(11-3-1)20-18-12-6-4-8-15(18)14-16-9-5-7-13-19(16)20;1-6-7(2)9(4)10(5)8(6)3;;;/h1-14H;1-5H3;2*1H;/q-1;;;;+4/p-2. The van der Waals surface area contributed by atoms with Crippen LogP contribution in [0.1, 0.15) is 34.6 Å². The second-order valence-corrected chi connectivity index (χ2v) is 12.2. The van der Waals surface area contributed by atoms with Crippen LogP contribution in [0, 0.1) is 29.6 Å². The zero-order chi connectivity index (χ0) is 24.0. The summed E-state index contributed by atoms with van der Waals surface area (Å²) in [7, 11) is 9.87. The fourth-order valence-corrected chi connectivity index (χ4v) is 4.56. The molecule has 3 aromatic carbocycles. The van der Waals surface area contributed by atoms with Gasteiger partial charge in [-0.1, -0.05) is 137 Å². The first-order valence-corrected chi connectivity index (χ1v) is 17.5. The van der Waals surface area contributed by atoms with E-state index in [4.69, 9.17) is 17.0 Å². The van der Waals surface area contributed by atoms with Crippen molar-refractivity contribution in [1.82, 2.24) is 0 Å². The van der Waals surface area contributed by atoms with Crippen molar-refractivity contribution in [2.75, 3.05) is 0 Å². The van der Waals surface area contributed by atoms with Crippen LogP contribution in [-0.4, -0.2) is 6.34 Å². The molecule has 1 saturated carbocycles. The third-order valence-corrected chi connectivity index (χ3v) is 6.87. The molecule has 1 aromatic heterocycles. The molecule has 0 saturated heterocycles. The van der Waals surface area contributed by atoms with Crippen LogP contribution in [0.5, 0.6) is 0 Å². The molecule has 1 aliphatic carbocycles. The average molecular weight is 550 g/mol. The Balaban J connectivity index is 0.000000199. The Bertz CT molecular complexity index is 1070. The van der Waals surface area contributed by atoms with E-state index < -0.39 is 20.8 Å². The third kappa shape index (κ3) is 6.20. The van der Waals surface area contributed by atoms with Gasteiger partial charge in [-0.05, 0) is 29.6 Å². The topological polar surface area (TPSA) is 0 Å². The van der Waals surface area contributed by atoms with Gasteiger partial charge in [-0.3, -0.25) is 0 Å². The Hall–Kier alpha value is -0.942. The van der Waals surface area contributed by atoms with Crippen LogP contribution in [0.2, 0.25) is 0 Å². The van der Waals surface area contributed by atoms with Gasteiger partial charge < -0.3 is 0 Å². The van der Waals surface area contributed by atoms with Gasteiger partial charge in [-0.15, -0.1) is 0 Å². The Morgan fingerprint density at radius 2 is 0.848 bits per heavy atom. The maximum Gasteiger partial charge on any atom is -0.0539 e. The van der Waals surface area contributed by atoms with Crippen LogP contribution in [0.4, 0.5) is 0 Å². The van der Waals surface area contributed by atoms with E-state index in [0.29, 0.717) is 6.34 Å². The Morgan fingerprint density at radius 1 is 0.515 bits per heavy atom. The predicted molar refractivity (Wildman–Crippen MR) is 145 cm³/mol. The van der Waals surface area contributed by atoms with E-state index in [9.17, 15) is 0 Å². The molecular formula is C29H29BCl2Zr+. The van der Waals surface area contributed by atoms with E-state index in [-0.39, 0.29) is 0 Å². The van der Waals surface area contributed by atoms with Gasteiger partial charge in [0.1, 0.15) is 0 Å². The van der Waals surface area contributed by atoms with Crippen molar-refractivity contribution in [3.8, 4) is 5.46 Å². The van der Waals surface area contributed by atoms with Crippen LogP contribution >= 0.6 is 17.0 Å². The monoisotopic (exact) mass is 548 g/mol. The minimum Gasteiger partial charge on any atom is -0.223 e. The molecule has 165 valence electrons. The van der Waals surface area contributed by atoms with Crippen LogP contribution in [0.3, 0.4) is 0 Å². The molecule has 0 aliphatic heterocycles. The van der Waals surface area contributed by atoms with E-state index >= 15 is 0 Å². The summed E-state index contributed by atoms with van der Waals surface area (Å²) < 4.78 is 0. The maximum atomic E-state index is 4.93. The molecule has 0 nitrogen and oxygen atoms in total. The van der Waals surface area contributed by atoms with E-state index in [1.54, 1.807) is 0 Å².